The molecule has 0 fully saturated rings. The van der Waals surface area contributed by atoms with Gasteiger partial charge in [0.2, 0.25) is 0 Å². The Morgan fingerprint density at radius 3 is 0.985 bits per heavy atom. The predicted octanol–water partition coefficient (Wildman–Crippen LogP) is 17.7. The highest BCUT2D eigenvalue weighted by Crippen LogP contribution is 2.13. The Morgan fingerprint density at radius 2 is 0.606 bits per heavy atom. The van der Waals surface area contributed by atoms with E-state index < -0.39 is 6.10 Å². The van der Waals surface area contributed by atoms with Crippen molar-refractivity contribution < 1.29 is 28.6 Å². The molecule has 1 atom stereocenters. The van der Waals surface area contributed by atoms with Gasteiger partial charge >= 0.3 is 17.9 Å². The molecule has 1 unspecified atom stereocenters. The number of rotatable bonds is 46. The molecule has 6 heteroatoms. The summed E-state index contributed by atoms with van der Waals surface area (Å²) in [5.74, 6) is -1.00. The lowest BCUT2D eigenvalue weighted by molar-refractivity contribution is -0.167. The number of carbonyl (C=O) groups excluding carboxylic acids is 3. The third kappa shape index (κ3) is 50.8. The summed E-state index contributed by atoms with van der Waals surface area (Å²) < 4.78 is 16.7. The normalized spacial score (nSPS) is 13.1. The van der Waals surface area contributed by atoms with Crippen LogP contribution in [0.1, 0.15) is 220 Å². The monoisotopic (exact) mass is 913 g/mol. The van der Waals surface area contributed by atoms with Gasteiger partial charge in [-0.05, 0) is 122 Å². The number of allylic oxidation sites excluding steroid dienone is 20. The van der Waals surface area contributed by atoms with E-state index in [1.54, 1.807) is 0 Å². The topological polar surface area (TPSA) is 78.9 Å². The molecule has 0 N–H and O–H groups in total. The van der Waals surface area contributed by atoms with Crippen LogP contribution in [-0.4, -0.2) is 37.2 Å². The van der Waals surface area contributed by atoms with Crippen LogP contribution in [-0.2, 0) is 28.6 Å². The molecule has 0 saturated heterocycles. The standard InChI is InChI=1S/C60H96O6/c1-4-7-10-13-16-19-22-25-27-29-30-32-33-35-38-41-44-47-50-53-59(62)65-56-57(55-64-58(61)52-49-46-43-40-37-24-21-18-15-12-9-6-3)66-60(63)54-51-48-45-42-39-36-34-31-28-26-23-20-17-14-11-8-5-2/h7-8,10-11,16-21,25-28,30,32,34,36,42,45,57H,4-6,9,12-15,22-24,29,31,33,35,37-41,43-44,46-56H2,1-3H3/b10-7-,11-8-,19-16-,20-17-,21-18-,27-25-,28-26-,32-30-,36-34-,45-42-. The number of esters is 3. The molecule has 0 aliphatic rings. The van der Waals surface area contributed by atoms with Crippen LogP contribution in [0.3, 0.4) is 0 Å². The molecular formula is C60H96O6. The molecule has 0 aromatic carbocycles. The van der Waals surface area contributed by atoms with E-state index >= 15 is 0 Å². The fraction of sp³-hybridized carbons (Fsp3) is 0.617. The van der Waals surface area contributed by atoms with E-state index in [4.69, 9.17) is 14.2 Å². The Bertz CT molecular complexity index is 1420. The number of ether oxygens (including phenoxy) is 3. The number of carbonyl (C=O) groups is 3. The highest BCUT2D eigenvalue weighted by atomic mass is 16.6. The molecule has 0 amide bonds. The minimum atomic E-state index is -0.820. The van der Waals surface area contributed by atoms with Gasteiger partial charge in [0.05, 0.1) is 0 Å². The third-order valence-corrected chi connectivity index (χ3v) is 10.7. The van der Waals surface area contributed by atoms with E-state index in [9.17, 15) is 14.4 Å². The summed E-state index contributed by atoms with van der Waals surface area (Å²) in [5.41, 5.74) is 0. The number of unbranched alkanes of at least 4 members (excludes halogenated alkanes) is 15. The molecule has 66 heavy (non-hydrogen) atoms. The van der Waals surface area contributed by atoms with Gasteiger partial charge < -0.3 is 14.2 Å². The lowest BCUT2D eigenvalue weighted by Crippen LogP contribution is -2.30. The minimum absolute atomic E-state index is 0.113. The summed E-state index contributed by atoms with van der Waals surface area (Å²) in [4.78, 5) is 38.0. The van der Waals surface area contributed by atoms with Crippen molar-refractivity contribution in [2.75, 3.05) is 13.2 Å². The van der Waals surface area contributed by atoms with Gasteiger partial charge in [-0.1, -0.05) is 200 Å². The zero-order chi connectivity index (χ0) is 47.9. The SMILES string of the molecule is CC/C=C\C/C=C\C/C=C\C/C=C\C/C=C\CCCC(=O)OC(COC(=O)CCCCCCC/C=C\CCCCC)COC(=O)CCCCCCCC/C=C\C/C=C\C/C=C\C/C=C\CC. The summed E-state index contributed by atoms with van der Waals surface area (Å²) in [6, 6.07) is 0. The molecule has 0 spiro atoms. The first-order chi connectivity index (χ1) is 32.5. The molecule has 0 aliphatic carbocycles. The summed E-state index contributed by atoms with van der Waals surface area (Å²) in [6.45, 7) is 6.30. The Kier molecular flexibility index (Phi) is 50.0. The molecule has 6 nitrogen and oxygen atoms in total. The van der Waals surface area contributed by atoms with E-state index in [0.29, 0.717) is 19.3 Å². The largest absolute Gasteiger partial charge is 0.462 e. The van der Waals surface area contributed by atoms with Crippen molar-refractivity contribution in [2.24, 2.45) is 0 Å². The van der Waals surface area contributed by atoms with Crippen molar-refractivity contribution in [2.45, 2.75) is 226 Å². The first-order valence-corrected chi connectivity index (χ1v) is 26.5. The van der Waals surface area contributed by atoms with Crippen molar-refractivity contribution in [3.63, 3.8) is 0 Å². The second-order valence-corrected chi connectivity index (χ2v) is 17.0. The average Bonchev–Trinajstić information content (AvgIpc) is 3.31. The van der Waals surface area contributed by atoms with Crippen molar-refractivity contribution in [3.8, 4) is 0 Å². The van der Waals surface area contributed by atoms with Crippen LogP contribution in [0.25, 0.3) is 0 Å². The van der Waals surface area contributed by atoms with Crippen LogP contribution in [0.15, 0.2) is 122 Å². The first kappa shape index (κ1) is 61.8. The molecule has 0 saturated carbocycles. The molecular weight excluding hydrogens is 817 g/mol. The smallest absolute Gasteiger partial charge is 0.306 e. The zero-order valence-corrected chi connectivity index (χ0v) is 42.4. The lowest BCUT2D eigenvalue weighted by Gasteiger charge is -2.18. The Morgan fingerprint density at radius 1 is 0.318 bits per heavy atom. The minimum Gasteiger partial charge on any atom is -0.462 e. The summed E-state index contributed by atoms with van der Waals surface area (Å²) in [6.07, 6.45) is 73.3. The molecule has 0 aliphatic heterocycles. The average molecular weight is 913 g/mol. The van der Waals surface area contributed by atoms with E-state index in [1.165, 1.54) is 44.9 Å². The maximum atomic E-state index is 12.8. The van der Waals surface area contributed by atoms with Crippen molar-refractivity contribution >= 4 is 17.9 Å². The number of hydrogen-bond acceptors (Lipinski definition) is 6. The van der Waals surface area contributed by atoms with Gasteiger partial charge in [-0.2, -0.15) is 0 Å². The van der Waals surface area contributed by atoms with Gasteiger partial charge in [0.25, 0.3) is 0 Å². The van der Waals surface area contributed by atoms with Gasteiger partial charge in [-0.15, -0.1) is 0 Å². The van der Waals surface area contributed by atoms with Gasteiger partial charge in [0, 0.05) is 19.3 Å². The van der Waals surface area contributed by atoms with E-state index in [2.05, 4.69) is 142 Å². The van der Waals surface area contributed by atoms with Crippen molar-refractivity contribution in [1.29, 1.82) is 0 Å². The van der Waals surface area contributed by atoms with E-state index in [1.807, 2.05) is 0 Å². The van der Waals surface area contributed by atoms with E-state index in [-0.39, 0.29) is 37.5 Å². The first-order valence-electron chi connectivity index (χ1n) is 26.5. The fourth-order valence-corrected chi connectivity index (χ4v) is 6.76. The summed E-state index contributed by atoms with van der Waals surface area (Å²) in [5, 5.41) is 0. The molecule has 0 aromatic rings. The summed E-state index contributed by atoms with van der Waals surface area (Å²) >= 11 is 0. The van der Waals surface area contributed by atoms with Crippen LogP contribution in [0.4, 0.5) is 0 Å². The maximum absolute atomic E-state index is 12.8. The zero-order valence-electron chi connectivity index (χ0n) is 42.4. The van der Waals surface area contributed by atoms with Gasteiger partial charge in [0.15, 0.2) is 6.10 Å². The van der Waals surface area contributed by atoms with Crippen LogP contribution in [0, 0.1) is 0 Å². The molecule has 372 valence electrons. The van der Waals surface area contributed by atoms with Crippen LogP contribution in [0.5, 0.6) is 0 Å². The quantitative estimate of drug-likeness (QED) is 0.0262. The van der Waals surface area contributed by atoms with Crippen molar-refractivity contribution in [3.05, 3.63) is 122 Å². The summed E-state index contributed by atoms with van der Waals surface area (Å²) in [7, 11) is 0. The number of hydrogen-bond donors (Lipinski definition) is 0. The highest BCUT2D eigenvalue weighted by molar-refractivity contribution is 5.71. The van der Waals surface area contributed by atoms with E-state index in [0.717, 1.165) is 128 Å². The van der Waals surface area contributed by atoms with Crippen LogP contribution < -0.4 is 0 Å². The van der Waals surface area contributed by atoms with Crippen molar-refractivity contribution in [1.82, 2.24) is 0 Å². The van der Waals surface area contributed by atoms with Gasteiger partial charge in [0.1, 0.15) is 13.2 Å². The third-order valence-electron chi connectivity index (χ3n) is 10.7. The molecule has 0 aromatic heterocycles. The molecule has 0 heterocycles. The molecule has 0 bridgehead atoms. The van der Waals surface area contributed by atoms with Crippen LogP contribution >= 0.6 is 0 Å². The fourth-order valence-electron chi connectivity index (χ4n) is 6.76. The Labute approximate surface area is 405 Å². The predicted molar refractivity (Wildman–Crippen MR) is 283 cm³/mol. The highest BCUT2D eigenvalue weighted by Gasteiger charge is 2.19. The van der Waals surface area contributed by atoms with Gasteiger partial charge in [-0.25, -0.2) is 0 Å². The molecule has 0 rings (SSSR count). The lowest BCUT2D eigenvalue weighted by atomic mass is 10.1. The second-order valence-electron chi connectivity index (χ2n) is 17.0. The molecule has 0 radical (unpaired) electrons. The van der Waals surface area contributed by atoms with Crippen LogP contribution in [0.2, 0.25) is 0 Å². The Balaban J connectivity index is 4.51. The Hall–Kier alpha value is -4.19. The van der Waals surface area contributed by atoms with Gasteiger partial charge in [-0.3, -0.25) is 14.4 Å². The second kappa shape index (κ2) is 53.4. The maximum Gasteiger partial charge on any atom is 0.306 e.